The van der Waals surface area contributed by atoms with Gasteiger partial charge in [-0.1, -0.05) is 6.07 Å². The Morgan fingerprint density at radius 1 is 1.20 bits per heavy atom. The van der Waals surface area contributed by atoms with Crippen molar-refractivity contribution in [3.63, 3.8) is 0 Å². The third kappa shape index (κ3) is 4.52. The number of rotatable bonds is 8. The molecule has 9 nitrogen and oxygen atoms in total. The van der Waals surface area contributed by atoms with Crippen molar-refractivity contribution in [1.29, 1.82) is 0 Å². The number of aromatic nitrogens is 2. The summed E-state index contributed by atoms with van der Waals surface area (Å²) < 4.78 is 15.9. The first-order valence-electron chi connectivity index (χ1n) is 9.13. The van der Waals surface area contributed by atoms with Gasteiger partial charge in [-0.05, 0) is 43.3 Å². The van der Waals surface area contributed by atoms with Crippen molar-refractivity contribution >= 4 is 12.1 Å². The van der Waals surface area contributed by atoms with E-state index in [0.717, 1.165) is 0 Å². The lowest BCUT2D eigenvalue weighted by Gasteiger charge is -2.08. The van der Waals surface area contributed by atoms with Gasteiger partial charge in [0.05, 0.1) is 32.7 Å². The summed E-state index contributed by atoms with van der Waals surface area (Å²) >= 11 is 0. The predicted octanol–water partition coefficient (Wildman–Crippen LogP) is 2.96. The molecule has 0 saturated heterocycles. The molecule has 0 aliphatic carbocycles. The normalized spacial score (nSPS) is 10.8. The average molecular weight is 410 g/mol. The van der Waals surface area contributed by atoms with E-state index >= 15 is 0 Å². The number of carbonyl (C=O) groups excluding carboxylic acids is 1. The number of para-hydroxylation sites is 1. The maximum absolute atomic E-state index is 12.4. The first-order valence-corrected chi connectivity index (χ1v) is 9.13. The Morgan fingerprint density at radius 2 is 2.03 bits per heavy atom. The largest absolute Gasteiger partial charge is 0.504 e. The number of hydrazone groups is 1. The molecule has 0 aliphatic rings. The number of amides is 1. The number of phenols is 1. The Morgan fingerprint density at radius 3 is 2.77 bits per heavy atom. The van der Waals surface area contributed by atoms with Crippen LogP contribution in [0.5, 0.6) is 23.0 Å². The van der Waals surface area contributed by atoms with Gasteiger partial charge >= 0.3 is 0 Å². The fraction of sp³-hybridized carbons (Fsp3) is 0.190. The summed E-state index contributed by atoms with van der Waals surface area (Å²) in [6, 6.07) is 11.9. The molecule has 0 unspecified atom stereocenters. The van der Waals surface area contributed by atoms with Crippen LogP contribution in [0.15, 0.2) is 47.6 Å². The molecule has 9 heteroatoms. The average Bonchev–Trinajstić information content (AvgIpc) is 3.26. The number of aromatic amines is 1. The number of aromatic hydroxyl groups is 1. The summed E-state index contributed by atoms with van der Waals surface area (Å²) in [4.78, 5) is 12.4. The van der Waals surface area contributed by atoms with Gasteiger partial charge in [0.1, 0.15) is 17.2 Å². The van der Waals surface area contributed by atoms with Crippen LogP contribution >= 0.6 is 0 Å². The van der Waals surface area contributed by atoms with Crippen LogP contribution in [0, 0.1) is 0 Å². The van der Waals surface area contributed by atoms with E-state index in [1.54, 1.807) is 56.7 Å². The van der Waals surface area contributed by atoms with Crippen LogP contribution in [-0.4, -0.2) is 48.3 Å². The molecule has 156 valence electrons. The number of nitrogens with one attached hydrogen (secondary N) is 2. The molecule has 3 N–H and O–H groups in total. The van der Waals surface area contributed by atoms with E-state index in [4.69, 9.17) is 14.2 Å². The number of methoxy groups -OCH3 is 2. The molecule has 1 aromatic heterocycles. The molecule has 2 aromatic carbocycles. The van der Waals surface area contributed by atoms with Gasteiger partial charge in [0.25, 0.3) is 5.91 Å². The van der Waals surface area contributed by atoms with Crippen LogP contribution < -0.4 is 19.6 Å². The maximum atomic E-state index is 12.4. The minimum Gasteiger partial charge on any atom is -0.504 e. The van der Waals surface area contributed by atoms with Gasteiger partial charge in [-0.25, -0.2) is 5.43 Å². The Labute approximate surface area is 173 Å². The fourth-order valence-electron chi connectivity index (χ4n) is 2.73. The van der Waals surface area contributed by atoms with E-state index in [2.05, 4.69) is 20.7 Å². The number of hydrogen-bond acceptors (Lipinski definition) is 7. The van der Waals surface area contributed by atoms with Crippen molar-refractivity contribution in [2.45, 2.75) is 6.92 Å². The minimum atomic E-state index is -0.493. The van der Waals surface area contributed by atoms with Crippen LogP contribution in [-0.2, 0) is 0 Å². The molecule has 0 bridgehead atoms. The van der Waals surface area contributed by atoms with Crippen LogP contribution in [0.25, 0.3) is 11.3 Å². The van der Waals surface area contributed by atoms with Crippen molar-refractivity contribution in [1.82, 2.24) is 15.6 Å². The molecule has 1 amide bonds. The van der Waals surface area contributed by atoms with Gasteiger partial charge in [0.15, 0.2) is 11.5 Å². The molecular formula is C21H22N4O5. The van der Waals surface area contributed by atoms with Crippen molar-refractivity contribution in [2.75, 3.05) is 20.8 Å². The quantitative estimate of drug-likeness (QED) is 0.388. The Bertz CT molecular complexity index is 1060. The molecule has 0 aliphatic heterocycles. The molecule has 0 radical (unpaired) electrons. The van der Waals surface area contributed by atoms with Gasteiger partial charge in [0, 0.05) is 11.1 Å². The molecular weight excluding hydrogens is 388 g/mol. The zero-order valence-corrected chi connectivity index (χ0v) is 16.8. The smallest absolute Gasteiger partial charge is 0.289 e. The molecule has 0 atom stereocenters. The van der Waals surface area contributed by atoms with E-state index in [1.165, 1.54) is 6.21 Å². The third-order valence-corrected chi connectivity index (χ3v) is 4.20. The highest BCUT2D eigenvalue weighted by atomic mass is 16.5. The van der Waals surface area contributed by atoms with Gasteiger partial charge in [-0.2, -0.15) is 10.2 Å². The Hall–Kier alpha value is -4.01. The van der Waals surface area contributed by atoms with E-state index in [9.17, 15) is 9.90 Å². The van der Waals surface area contributed by atoms with Crippen molar-refractivity contribution < 1.29 is 24.1 Å². The zero-order valence-electron chi connectivity index (χ0n) is 16.8. The molecule has 1 heterocycles. The summed E-state index contributed by atoms with van der Waals surface area (Å²) in [7, 11) is 3.12. The lowest BCUT2D eigenvalue weighted by atomic mass is 10.1. The monoisotopic (exact) mass is 410 g/mol. The highest BCUT2D eigenvalue weighted by molar-refractivity contribution is 5.94. The second kappa shape index (κ2) is 9.46. The van der Waals surface area contributed by atoms with E-state index < -0.39 is 5.91 Å². The van der Waals surface area contributed by atoms with Gasteiger partial charge in [-0.3, -0.25) is 9.89 Å². The van der Waals surface area contributed by atoms with Gasteiger partial charge < -0.3 is 19.3 Å². The van der Waals surface area contributed by atoms with Crippen LogP contribution in [0.2, 0.25) is 0 Å². The van der Waals surface area contributed by atoms with Crippen LogP contribution in [0.4, 0.5) is 0 Å². The number of carbonyl (C=O) groups is 1. The number of phenolic OH excluding ortho intramolecular Hbond substituents is 1. The minimum absolute atomic E-state index is 0.0497. The first kappa shape index (κ1) is 20.7. The summed E-state index contributed by atoms with van der Waals surface area (Å²) in [5, 5.41) is 20.9. The number of ether oxygens (including phenoxy) is 3. The van der Waals surface area contributed by atoms with Crippen LogP contribution in [0.1, 0.15) is 23.0 Å². The maximum Gasteiger partial charge on any atom is 0.289 e. The van der Waals surface area contributed by atoms with Crippen molar-refractivity contribution in [2.24, 2.45) is 5.10 Å². The SMILES string of the molecule is CCOc1cccc(/C=N/NC(=O)c2cc(-c3cc(OC)ccc3OC)n[nH]2)c1O. The summed E-state index contributed by atoms with van der Waals surface area (Å²) in [6.45, 7) is 2.24. The van der Waals surface area contributed by atoms with E-state index in [-0.39, 0.29) is 11.4 Å². The zero-order chi connectivity index (χ0) is 21.5. The second-order valence-corrected chi connectivity index (χ2v) is 6.06. The van der Waals surface area contributed by atoms with E-state index in [0.29, 0.717) is 40.7 Å². The lowest BCUT2D eigenvalue weighted by Crippen LogP contribution is -2.18. The lowest BCUT2D eigenvalue weighted by molar-refractivity contribution is 0.0950. The number of benzene rings is 2. The molecule has 3 aromatic rings. The van der Waals surface area contributed by atoms with Crippen molar-refractivity contribution in [3.05, 3.63) is 53.7 Å². The first-order chi connectivity index (χ1) is 14.6. The summed E-state index contributed by atoms with van der Waals surface area (Å²) in [5.74, 6) is 1.03. The Kier molecular flexibility index (Phi) is 6.53. The highest BCUT2D eigenvalue weighted by Crippen LogP contribution is 2.32. The highest BCUT2D eigenvalue weighted by Gasteiger charge is 2.15. The van der Waals surface area contributed by atoms with Crippen molar-refractivity contribution in [3.8, 4) is 34.3 Å². The Balaban J connectivity index is 1.74. The summed E-state index contributed by atoms with van der Waals surface area (Å²) in [5.41, 5.74) is 4.20. The number of H-pyrrole nitrogens is 1. The molecule has 0 saturated carbocycles. The molecule has 0 spiro atoms. The fourth-order valence-corrected chi connectivity index (χ4v) is 2.73. The van der Waals surface area contributed by atoms with E-state index in [1.807, 2.05) is 6.92 Å². The third-order valence-electron chi connectivity index (χ3n) is 4.20. The molecule has 0 fully saturated rings. The van der Waals surface area contributed by atoms with Crippen LogP contribution in [0.3, 0.4) is 0 Å². The second-order valence-electron chi connectivity index (χ2n) is 6.06. The van der Waals surface area contributed by atoms with Gasteiger partial charge in [-0.15, -0.1) is 0 Å². The number of nitrogens with zero attached hydrogens (tertiary/aromatic N) is 2. The van der Waals surface area contributed by atoms with Gasteiger partial charge in [0.2, 0.25) is 0 Å². The standard InChI is InChI=1S/C21H22N4O5/c1-4-30-19-7-5-6-13(20(19)26)12-22-25-21(27)17-11-16(23-24-17)15-10-14(28-2)8-9-18(15)29-3/h5-12,26H,4H2,1-3H3,(H,23,24)(H,25,27)/b22-12+. The summed E-state index contributed by atoms with van der Waals surface area (Å²) in [6.07, 6.45) is 1.33. The molecule has 30 heavy (non-hydrogen) atoms. The predicted molar refractivity (Wildman–Crippen MR) is 111 cm³/mol. The topological polar surface area (TPSA) is 118 Å². The number of hydrogen-bond donors (Lipinski definition) is 3. The molecule has 3 rings (SSSR count).